The van der Waals surface area contributed by atoms with E-state index in [2.05, 4.69) is 10.0 Å². The molecule has 9 nitrogen and oxygen atoms in total. The number of carbonyl (C=O) groups excluding carboxylic acids is 1. The molecule has 4 aromatic rings. The molecule has 0 unspecified atom stereocenters. The number of sulfonamides is 2. The summed E-state index contributed by atoms with van der Waals surface area (Å²) >= 11 is 5.93. The smallest absolute Gasteiger partial charge is 0.264 e. The third kappa shape index (κ3) is 6.92. The van der Waals surface area contributed by atoms with E-state index in [1.807, 2.05) is 13.0 Å². The van der Waals surface area contributed by atoms with Crippen molar-refractivity contribution < 1.29 is 26.4 Å². The number of anilines is 3. The molecule has 0 aliphatic heterocycles. The first kappa shape index (κ1) is 28.9. The average Bonchev–Trinajstić information content (AvgIpc) is 2.92. The van der Waals surface area contributed by atoms with Crippen LogP contribution in [0.1, 0.15) is 5.56 Å². The molecule has 0 heterocycles. The van der Waals surface area contributed by atoms with Gasteiger partial charge in [-0.1, -0.05) is 23.7 Å². The van der Waals surface area contributed by atoms with Crippen molar-refractivity contribution in [2.24, 2.45) is 0 Å². The molecule has 2 N–H and O–H groups in total. The first-order valence-corrected chi connectivity index (χ1v) is 15.2. The van der Waals surface area contributed by atoms with Crippen LogP contribution in [0, 0.1) is 6.92 Å². The van der Waals surface area contributed by atoms with Gasteiger partial charge in [-0.2, -0.15) is 0 Å². The van der Waals surface area contributed by atoms with Gasteiger partial charge in [-0.3, -0.25) is 13.8 Å². The van der Waals surface area contributed by atoms with Crippen molar-refractivity contribution in [1.29, 1.82) is 0 Å². The minimum Gasteiger partial charge on any atom is -0.497 e. The normalized spacial score (nSPS) is 11.5. The Morgan fingerprint density at radius 1 is 0.825 bits per heavy atom. The molecule has 208 valence electrons. The number of amides is 1. The predicted molar refractivity (Wildman–Crippen MR) is 156 cm³/mol. The second-order valence-corrected chi connectivity index (χ2v) is 12.7. The van der Waals surface area contributed by atoms with Gasteiger partial charge in [0.2, 0.25) is 5.91 Å². The third-order valence-corrected chi connectivity index (χ3v) is 9.21. The molecule has 0 atom stereocenters. The Morgan fingerprint density at radius 2 is 1.43 bits per heavy atom. The third-order valence-electron chi connectivity index (χ3n) is 5.77. The minimum absolute atomic E-state index is 0.0204. The van der Waals surface area contributed by atoms with Gasteiger partial charge in [0.05, 0.1) is 22.6 Å². The number of rotatable bonds is 10. The lowest BCUT2D eigenvalue weighted by Gasteiger charge is -2.24. The monoisotopic (exact) mass is 599 g/mol. The van der Waals surface area contributed by atoms with Crippen molar-refractivity contribution in [3.63, 3.8) is 0 Å². The second-order valence-electron chi connectivity index (χ2n) is 8.71. The Balaban J connectivity index is 1.51. The molecule has 4 rings (SSSR count). The Labute approximate surface area is 238 Å². The van der Waals surface area contributed by atoms with E-state index in [9.17, 15) is 21.6 Å². The van der Waals surface area contributed by atoms with Crippen molar-refractivity contribution in [3.8, 4) is 5.75 Å². The molecule has 0 spiro atoms. The SMILES string of the molecule is COc1ccc(NS(=O)(=O)c2ccc(NC(=O)CN(c3cccc(C)c3)S(=O)(=O)c3ccc(Cl)cc3)cc2)cc1. The number of halogens is 1. The second kappa shape index (κ2) is 12.0. The molecule has 0 radical (unpaired) electrons. The lowest BCUT2D eigenvalue weighted by atomic mass is 10.2. The summed E-state index contributed by atoms with van der Waals surface area (Å²) in [6.45, 7) is 1.29. The molecular formula is C28H26ClN3O6S2. The molecular weight excluding hydrogens is 574 g/mol. The molecule has 0 fully saturated rings. The van der Waals surface area contributed by atoms with Gasteiger partial charge in [-0.25, -0.2) is 16.8 Å². The summed E-state index contributed by atoms with van der Waals surface area (Å²) in [6, 6.07) is 24.4. The number of carbonyl (C=O) groups is 1. The van der Waals surface area contributed by atoms with E-state index >= 15 is 0 Å². The van der Waals surface area contributed by atoms with Crippen LogP contribution in [-0.2, 0) is 24.8 Å². The van der Waals surface area contributed by atoms with Crippen LogP contribution in [0.3, 0.4) is 0 Å². The zero-order valence-electron chi connectivity index (χ0n) is 21.5. The largest absolute Gasteiger partial charge is 0.497 e. The van der Waals surface area contributed by atoms with Crippen LogP contribution in [0.15, 0.2) is 107 Å². The molecule has 0 saturated carbocycles. The van der Waals surface area contributed by atoms with E-state index in [-0.39, 0.29) is 9.79 Å². The molecule has 0 bridgehead atoms. The summed E-state index contributed by atoms with van der Waals surface area (Å²) in [5.74, 6) is -0.0315. The summed E-state index contributed by atoms with van der Waals surface area (Å²) in [4.78, 5) is 13.0. The van der Waals surface area contributed by atoms with Crippen molar-refractivity contribution in [2.45, 2.75) is 16.7 Å². The zero-order valence-corrected chi connectivity index (χ0v) is 23.9. The molecule has 4 aromatic carbocycles. The summed E-state index contributed by atoms with van der Waals surface area (Å²) < 4.78 is 61.1. The van der Waals surface area contributed by atoms with Gasteiger partial charge in [0, 0.05) is 16.4 Å². The van der Waals surface area contributed by atoms with E-state index in [1.54, 1.807) is 42.5 Å². The average molecular weight is 600 g/mol. The summed E-state index contributed by atoms with van der Waals surface area (Å²) in [7, 11) is -6.50. The molecule has 12 heteroatoms. The molecule has 0 saturated heterocycles. The fourth-order valence-electron chi connectivity index (χ4n) is 3.75. The van der Waals surface area contributed by atoms with Crippen molar-refractivity contribution in [1.82, 2.24) is 0 Å². The minimum atomic E-state index is -4.12. The zero-order chi connectivity index (χ0) is 28.9. The number of methoxy groups -OCH3 is 1. The van der Waals surface area contributed by atoms with Crippen molar-refractivity contribution in [3.05, 3.63) is 108 Å². The highest BCUT2D eigenvalue weighted by Crippen LogP contribution is 2.26. The maximum absolute atomic E-state index is 13.5. The van der Waals surface area contributed by atoms with E-state index < -0.39 is 32.5 Å². The van der Waals surface area contributed by atoms with Crippen LogP contribution in [0.5, 0.6) is 5.75 Å². The number of aryl methyl sites for hydroxylation is 1. The number of nitrogens with zero attached hydrogens (tertiary/aromatic N) is 1. The number of hydrogen-bond acceptors (Lipinski definition) is 6. The van der Waals surface area contributed by atoms with Crippen LogP contribution in [-0.4, -0.2) is 36.4 Å². The van der Waals surface area contributed by atoms with Gasteiger partial charge >= 0.3 is 0 Å². The molecule has 0 aliphatic carbocycles. The van der Waals surface area contributed by atoms with Gasteiger partial charge in [0.15, 0.2) is 0 Å². The first-order chi connectivity index (χ1) is 19.0. The van der Waals surface area contributed by atoms with E-state index in [0.29, 0.717) is 27.8 Å². The van der Waals surface area contributed by atoms with Crippen molar-refractivity contribution in [2.75, 3.05) is 28.0 Å². The Kier molecular flexibility index (Phi) is 8.67. The summed E-state index contributed by atoms with van der Waals surface area (Å²) in [5, 5.41) is 3.01. The summed E-state index contributed by atoms with van der Waals surface area (Å²) in [6.07, 6.45) is 0. The molecule has 0 aromatic heterocycles. The summed E-state index contributed by atoms with van der Waals surface area (Å²) in [5.41, 5.74) is 1.78. The predicted octanol–water partition coefficient (Wildman–Crippen LogP) is 5.29. The van der Waals surface area contributed by atoms with Crippen LogP contribution >= 0.6 is 11.6 Å². The molecule has 40 heavy (non-hydrogen) atoms. The molecule has 1 amide bonds. The first-order valence-electron chi connectivity index (χ1n) is 11.9. The number of ether oxygens (including phenoxy) is 1. The van der Waals surface area contributed by atoms with Gasteiger partial charge in [-0.05, 0) is 97.4 Å². The van der Waals surface area contributed by atoms with Crippen LogP contribution in [0.25, 0.3) is 0 Å². The van der Waals surface area contributed by atoms with Gasteiger partial charge in [0.1, 0.15) is 12.3 Å². The standard InChI is InChI=1S/C28H26ClN3O6S2/c1-20-4-3-5-24(18-20)32(40(36,37)27-14-6-21(29)7-15-27)19-28(33)30-22-10-16-26(17-11-22)39(34,35)31-23-8-12-25(38-2)13-9-23/h3-18,31H,19H2,1-2H3,(H,30,33). The topological polar surface area (TPSA) is 122 Å². The fourth-order valence-corrected chi connectivity index (χ4v) is 6.35. The number of benzene rings is 4. The van der Waals surface area contributed by atoms with E-state index in [0.717, 1.165) is 9.87 Å². The fraction of sp³-hybridized carbons (Fsp3) is 0.107. The number of nitrogens with one attached hydrogen (secondary N) is 2. The van der Waals surface area contributed by atoms with Crippen LogP contribution in [0.4, 0.5) is 17.1 Å². The maximum Gasteiger partial charge on any atom is 0.264 e. The lowest BCUT2D eigenvalue weighted by molar-refractivity contribution is -0.114. The van der Waals surface area contributed by atoms with E-state index in [4.69, 9.17) is 16.3 Å². The van der Waals surface area contributed by atoms with E-state index in [1.165, 1.54) is 55.6 Å². The Hall–Kier alpha value is -4.06. The maximum atomic E-state index is 13.5. The van der Waals surface area contributed by atoms with Gasteiger partial charge in [0.25, 0.3) is 20.0 Å². The Bertz CT molecular complexity index is 1710. The number of hydrogen-bond donors (Lipinski definition) is 2. The van der Waals surface area contributed by atoms with Gasteiger partial charge < -0.3 is 10.1 Å². The van der Waals surface area contributed by atoms with Gasteiger partial charge in [-0.15, -0.1) is 0 Å². The quantitative estimate of drug-likeness (QED) is 0.255. The van der Waals surface area contributed by atoms with Crippen molar-refractivity contribution >= 4 is 54.6 Å². The Morgan fingerprint density at radius 3 is 2.02 bits per heavy atom. The molecule has 0 aliphatic rings. The van der Waals surface area contributed by atoms with Crippen LogP contribution in [0.2, 0.25) is 5.02 Å². The lowest BCUT2D eigenvalue weighted by Crippen LogP contribution is -2.38. The highest BCUT2D eigenvalue weighted by molar-refractivity contribution is 7.93. The highest BCUT2D eigenvalue weighted by atomic mass is 35.5. The van der Waals surface area contributed by atoms with Crippen LogP contribution < -0.4 is 19.1 Å². The highest BCUT2D eigenvalue weighted by Gasteiger charge is 2.27.